The van der Waals surface area contributed by atoms with Gasteiger partial charge in [0.25, 0.3) is 0 Å². The Balaban J connectivity index is 1.71. The van der Waals surface area contributed by atoms with Crippen LogP contribution in [0.3, 0.4) is 0 Å². The van der Waals surface area contributed by atoms with Crippen LogP contribution in [0.4, 0.5) is 5.69 Å². The summed E-state index contributed by atoms with van der Waals surface area (Å²) in [6.07, 6.45) is 0.194. The second-order valence-electron chi connectivity index (χ2n) is 6.21. The molecular formula is C19H19BrN2O4S. The van der Waals surface area contributed by atoms with Crippen molar-refractivity contribution < 1.29 is 19.1 Å². The molecule has 2 unspecified atom stereocenters. The van der Waals surface area contributed by atoms with Gasteiger partial charge in [-0.05, 0) is 39.5 Å². The third-order valence-corrected chi connectivity index (χ3v) is 6.10. The number of benzene rings is 1. The molecule has 0 spiro atoms. The van der Waals surface area contributed by atoms with E-state index in [1.54, 1.807) is 4.90 Å². The van der Waals surface area contributed by atoms with Crippen molar-refractivity contribution in [1.29, 1.82) is 0 Å². The topological polar surface area (TPSA) is 75.7 Å². The first-order valence-corrected chi connectivity index (χ1v) is 10.1. The van der Waals surface area contributed by atoms with Gasteiger partial charge in [0.1, 0.15) is 0 Å². The van der Waals surface area contributed by atoms with E-state index >= 15 is 0 Å². The molecule has 0 aliphatic carbocycles. The number of nitrogens with zero attached hydrogens (tertiary/aromatic N) is 1. The maximum absolute atomic E-state index is 12.8. The van der Waals surface area contributed by atoms with Gasteiger partial charge in [0.15, 0.2) is 0 Å². The van der Waals surface area contributed by atoms with Crippen LogP contribution in [-0.2, 0) is 19.1 Å². The van der Waals surface area contributed by atoms with Crippen molar-refractivity contribution in [3.63, 3.8) is 0 Å². The summed E-state index contributed by atoms with van der Waals surface area (Å²) in [4.78, 5) is 39.4. The van der Waals surface area contributed by atoms with Crippen LogP contribution >= 0.6 is 27.3 Å². The van der Waals surface area contributed by atoms with Crippen molar-refractivity contribution in [3.8, 4) is 0 Å². The monoisotopic (exact) mass is 450 g/mol. The summed E-state index contributed by atoms with van der Waals surface area (Å²) in [6.45, 7) is 0.308. The second-order valence-corrected chi connectivity index (χ2v) is 8.05. The van der Waals surface area contributed by atoms with Crippen LogP contribution in [0.15, 0.2) is 46.3 Å². The molecule has 1 saturated heterocycles. The minimum Gasteiger partial charge on any atom is -0.469 e. The predicted molar refractivity (Wildman–Crippen MR) is 106 cm³/mol. The number of methoxy groups -OCH3 is 1. The molecule has 1 aliphatic heterocycles. The number of rotatable bonds is 6. The molecule has 142 valence electrons. The van der Waals surface area contributed by atoms with Crippen LogP contribution in [0.2, 0.25) is 0 Å². The average molecular weight is 451 g/mol. The number of amides is 2. The van der Waals surface area contributed by atoms with Crippen LogP contribution in [0.25, 0.3) is 0 Å². The van der Waals surface area contributed by atoms with Gasteiger partial charge in [-0.3, -0.25) is 14.4 Å². The van der Waals surface area contributed by atoms with Gasteiger partial charge in [0, 0.05) is 22.3 Å². The highest BCUT2D eigenvalue weighted by Gasteiger charge is 2.36. The summed E-state index contributed by atoms with van der Waals surface area (Å²) >= 11 is 4.91. The molecule has 0 bridgehead atoms. The number of hydrogen-bond acceptors (Lipinski definition) is 5. The number of nitrogens with one attached hydrogen (secondary N) is 1. The van der Waals surface area contributed by atoms with Crippen LogP contribution in [0, 0.1) is 5.92 Å². The van der Waals surface area contributed by atoms with Gasteiger partial charge in [-0.1, -0.05) is 18.2 Å². The van der Waals surface area contributed by atoms with Gasteiger partial charge in [0.2, 0.25) is 11.8 Å². The van der Waals surface area contributed by atoms with Crippen molar-refractivity contribution in [1.82, 2.24) is 5.32 Å². The van der Waals surface area contributed by atoms with Crippen LogP contribution in [0.5, 0.6) is 0 Å². The lowest BCUT2D eigenvalue weighted by atomic mass is 10.1. The van der Waals surface area contributed by atoms with Crippen LogP contribution in [0.1, 0.15) is 23.8 Å². The van der Waals surface area contributed by atoms with Gasteiger partial charge in [-0.15, -0.1) is 11.3 Å². The molecule has 0 radical (unpaired) electrons. The first kappa shape index (κ1) is 19.6. The zero-order chi connectivity index (χ0) is 19.4. The Morgan fingerprint density at radius 3 is 2.78 bits per heavy atom. The summed E-state index contributed by atoms with van der Waals surface area (Å²) < 4.78 is 5.54. The molecule has 2 aromatic rings. The van der Waals surface area contributed by atoms with E-state index in [0.29, 0.717) is 6.54 Å². The van der Waals surface area contributed by atoms with Gasteiger partial charge in [-0.2, -0.15) is 0 Å². The van der Waals surface area contributed by atoms with E-state index in [0.717, 1.165) is 15.0 Å². The summed E-state index contributed by atoms with van der Waals surface area (Å²) in [7, 11) is 1.32. The molecule has 27 heavy (non-hydrogen) atoms. The minimum atomic E-state index is -0.468. The number of hydrogen-bond donors (Lipinski definition) is 1. The Kier molecular flexibility index (Phi) is 6.28. The highest BCUT2D eigenvalue weighted by atomic mass is 79.9. The summed E-state index contributed by atoms with van der Waals surface area (Å²) in [5, 5.41) is 4.80. The maximum Gasteiger partial charge on any atom is 0.307 e. The first-order chi connectivity index (χ1) is 13.0. The van der Waals surface area contributed by atoms with Crippen LogP contribution < -0.4 is 10.2 Å². The summed E-state index contributed by atoms with van der Waals surface area (Å²) in [6, 6.07) is 10.7. The number of carbonyl (C=O) groups excluding carboxylic acids is 3. The Morgan fingerprint density at radius 1 is 1.33 bits per heavy atom. The standard InChI is InChI=1S/C19H19BrN2O4S/c1-26-18(24)10-14(16-7-4-8-27-16)21-19(25)12-9-17(23)22(11-12)15-6-3-2-5-13(15)20/h2-8,12,14H,9-11H2,1H3,(H,21,25). The molecule has 1 N–H and O–H groups in total. The largest absolute Gasteiger partial charge is 0.469 e. The highest BCUT2D eigenvalue weighted by molar-refractivity contribution is 9.10. The number of para-hydroxylation sites is 1. The molecule has 1 aromatic carbocycles. The number of carbonyl (C=O) groups is 3. The Labute approximate surface area is 169 Å². The zero-order valence-electron chi connectivity index (χ0n) is 14.7. The molecule has 0 saturated carbocycles. The Morgan fingerprint density at radius 2 is 2.11 bits per heavy atom. The lowest BCUT2D eigenvalue weighted by molar-refractivity contribution is -0.141. The van der Waals surface area contributed by atoms with E-state index in [-0.39, 0.29) is 24.7 Å². The van der Waals surface area contributed by atoms with E-state index in [4.69, 9.17) is 4.74 Å². The van der Waals surface area contributed by atoms with E-state index < -0.39 is 17.9 Å². The molecule has 1 aromatic heterocycles. The average Bonchev–Trinajstić information content (AvgIpc) is 3.31. The van der Waals surface area contributed by atoms with Crippen molar-refractivity contribution in [2.75, 3.05) is 18.6 Å². The fourth-order valence-electron chi connectivity index (χ4n) is 3.04. The number of thiophene rings is 1. The van der Waals surface area contributed by atoms with Gasteiger partial charge in [-0.25, -0.2) is 0 Å². The fourth-order valence-corrected chi connectivity index (χ4v) is 4.32. The number of esters is 1. The molecule has 1 fully saturated rings. The SMILES string of the molecule is COC(=O)CC(NC(=O)C1CC(=O)N(c2ccccc2Br)C1)c1cccs1. The lowest BCUT2D eigenvalue weighted by Gasteiger charge is -2.20. The molecule has 1 aliphatic rings. The highest BCUT2D eigenvalue weighted by Crippen LogP contribution is 2.32. The summed E-state index contributed by atoms with van der Waals surface area (Å²) in [5.41, 5.74) is 0.752. The molecule has 6 nitrogen and oxygen atoms in total. The molecule has 2 heterocycles. The minimum absolute atomic E-state index is 0.0529. The fraction of sp³-hybridized carbons (Fsp3) is 0.316. The van der Waals surface area contributed by atoms with Crippen molar-refractivity contribution in [2.24, 2.45) is 5.92 Å². The third-order valence-electron chi connectivity index (χ3n) is 4.44. The molecule has 8 heteroatoms. The van der Waals surface area contributed by atoms with Crippen molar-refractivity contribution in [2.45, 2.75) is 18.9 Å². The summed E-state index contributed by atoms with van der Waals surface area (Å²) in [5.74, 6) is -1.20. The van der Waals surface area contributed by atoms with Crippen LogP contribution in [-0.4, -0.2) is 31.4 Å². The van der Waals surface area contributed by atoms with Crippen molar-refractivity contribution >= 4 is 50.7 Å². The van der Waals surface area contributed by atoms with Gasteiger partial charge >= 0.3 is 5.97 Å². The molecule has 2 atom stereocenters. The van der Waals surface area contributed by atoms with E-state index in [2.05, 4.69) is 21.2 Å². The third kappa shape index (κ3) is 4.56. The molecule has 2 amide bonds. The number of anilines is 1. The van der Waals surface area contributed by atoms with E-state index in [9.17, 15) is 14.4 Å². The van der Waals surface area contributed by atoms with Gasteiger partial charge in [0.05, 0.1) is 31.2 Å². The molecule has 3 rings (SSSR count). The maximum atomic E-state index is 12.8. The van der Waals surface area contributed by atoms with E-state index in [1.807, 2.05) is 41.8 Å². The van der Waals surface area contributed by atoms with Crippen molar-refractivity contribution in [3.05, 3.63) is 51.1 Å². The van der Waals surface area contributed by atoms with Gasteiger partial charge < -0.3 is 15.0 Å². The normalized spacial score (nSPS) is 17.6. The number of ether oxygens (including phenoxy) is 1. The Hall–Kier alpha value is -2.19. The lowest BCUT2D eigenvalue weighted by Crippen LogP contribution is -2.36. The molecular weight excluding hydrogens is 432 g/mol. The van der Waals surface area contributed by atoms with E-state index in [1.165, 1.54) is 18.4 Å². The Bertz CT molecular complexity index is 840. The predicted octanol–water partition coefficient (Wildman–Crippen LogP) is 3.28. The zero-order valence-corrected chi connectivity index (χ0v) is 17.1. The smallest absolute Gasteiger partial charge is 0.307 e. The number of halogens is 1. The quantitative estimate of drug-likeness (QED) is 0.685. The second kappa shape index (κ2) is 8.67. The first-order valence-electron chi connectivity index (χ1n) is 8.45.